The van der Waals surface area contributed by atoms with Gasteiger partial charge in [-0.3, -0.25) is 0 Å². The van der Waals surface area contributed by atoms with Crippen molar-refractivity contribution in [2.24, 2.45) is 5.73 Å². The van der Waals surface area contributed by atoms with Crippen LogP contribution in [0.25, 0.3) is 0 Å². The first-order valence-corrected chi connectivity index (χ1v) is 6.99. The molecule has 0 amide bonds. The van der Waals surface area contributed by atoms with Gasteiger partial charge in [0.05, 0.1) is 24.2 Å². The Bertz CT molecular complexity index is 615. The first-order valence-electron chi connectivity index (χ1n) is 6.61. The van der Waals surface area contributed by atoms with Crippen LogP contribution in [-0.2, 0) is 6.54 Å². The van der Waals surface area contributed by atoms with Gasteiger partial charge in [0, 0.05) is 17.7 Å². The third-order valence-corrected chi connectivity index (χ3v) is 3.79. The minimum absolute atomic E-state index is 0.230. The molecule has 0 aliphatic carbocycles. The van der Waals surface area contributed by atoms with Crippen molar-refractivity contribution in [2.75, 3.05) is 13.2 Å². The van der Waals surface area contributed by atoms with Crippen LogP contribution < -0.4 is 15.2 Å². The van der Waals surface area contributed by atoms with Gasteiger partial charge in [0.25, 0.3) is 0 Å². The van der Waals surface area contributed by atoms with Crippen LogP contribution in [0.3, 0.4) is 0 Å². The zero-order valence-corrected chi connectivity index (χ0v) is 11.8. The summed E-state index contributed by atoms with van der Waals surface area (Å²) in [5.74, 6) is 1.86. The van der Waals surface area contributed by atoms with Crippen LogP contribution in [0.2, 0.25) is 5.02 Å². The first-order chi connectivity index (χ1) is 9.79. The molecule has 1 atom stereocenters. The fourth-order valence-electron chi connectivity index (χ4n) is 2.43. The Morgan fingerprint density at radius 1 is 1.20 bits per heavy atom. The molecule has 1 aliphatic rings. The number of nitrogens with two attached hydrogens (primary N) is 1. The molecule has 3 rings (SSSR count). The van der Waals surface area contributed by atoms with Crippen molar-refractivity contribution in [3.05, 3.63) is 58.6 Å². The average molecular weight is 290 g/mol. The van der Waals surface area contributed by atoms with Gasteiger partial charge in [-0.15, -0.1) is 0 Å². The molecule has 2 aromatic carbocycles. The normalized spacial score (nSPS) is 16.6. The SMILES string of the molecule is NCc1cccc(Cl)c1OCC1COc2ccccc21. The van der Waals surface area contributed by atoms with Gasteiger partial charge >= 0.3 is 0 Å². The average Bonchev–Trinajstić information content (AvgIpc) is 2.89. The minimum Gasteiger partial charge on any atom is -0.493 e. The van der Waals surface area contributed by atoms with E-state index in [9.17, 15) is 0 Å². The first kappa shape index (κ1) is 13.3. The van der Waals surface area contributed by atoms with Crippen LogP contribution in [-0.4, -0.2) is 13.2 Å². The summed E-state index contributed by atoms with van der Waals surface area (Å²) in [5.41, 5.74) is 7.83. The second-order valence-corrected chi connectivity index (χ2v) is 5.20. The van der Waals surface area contributed by atoms with E-state index in [2.05, 4.69) is 6.07 Å². The fraction of sp³-hybridized carbons (Fsp3) is 0.250. The summed E-state index contributed by atoms with van der Waals surface area (Å²) in [6.45, 7) is 1.59. The Morgan fingerprint density at radius 3 is 2.90 bits per heavy atom. The zero-order chi connectivity index (χ0) is 13.9. The standard InChI is InChI=1S/C16H16ClNO2/c17-14-6-3-4-11(8-18)16(14)20-10-12-9-19-15-7-2-1-5-13(12)15/h1-7,12H,8-10,18H2. The summed E-state index contributed by atoms with van der Waals surface area (Å²) in [6, 6.07) is 13.7. The van der Waals surface area contributed by atoms with Crippen LogP contribution in [0, 0.1) is 0 Å². The topological polar surface area (TPSA) is 44.5 Å². The number of rotatable bonds is 4. The van der Waals surface area contributed by atoms with Gasteiger partial charge in [-0.2, -0.15) is 0 Å². The lowest BCUT2D eigenvalue weighted by molar-refractivity contribution is 0.247. The van der Waals surface area contributed by atoms with E-state index < -0.39 is 0 Å². The molecule has 104 valence electrons. The molecule has 0 bridgehead atoms. The van der Waals surface area contributed by atoms with Gasteiger partial charge in [-0.1, -0.05) is 41.9 Å². The predicted octanol–water partition coefficient (Wildman–Crippen LogP) is 3.35. The number of fused-ring (bicyclic) bond motifs is 1. The monoisotopic (exact) mass is 289 g/mol. The van der Waals surface area contributed by atoms with E-state index in [1.165, 1.54) is 5.56 Å². The fourth-order valence-corrected chi connectivity index (χ4v) is 2.68. The van der Waals surface area contributed by atoms with Crippen LogP contribution in [0.1, 0.15) is 17.0 Å². The largest absolute Gasteiger partial charge is 0.493 e. The van der Waals surface area contributed by atoms with Crippen molar-refractivity contribution in [1.29, 1.82) is 0 Å². The van der Waals surface area contributed by atoms with Crippen LogP contribution in [0.4, 0.5) is 0 Å². The zero-order valence-electron chi connectivity index (χ0n) is 11.0. The van der Waals surface area contributed by atoms with E-state index in [1.54, 1.807) is 0 Å². The molecule has 0 spiro atoms. The number of hydrogen-bond donors (Lipinski definition) is 1. The molecular formula is C16H16ClNO2. The molecule has 1 heterocycles. The van der Waals surface area contributed by atoms with Crippen LogP contribution in [0.15, 0.2) is 42.5 Å². The lowest BCUT2D eigenvalue weighted by atomic mass is 10.0. The number of hydrogen-bond acceptors (Lipinski definition) is 3. The molecule has 0 fully saturated rings. The van der Waals surface area contributed by atoms with Gasteiger partial charge in [0.2, 0.25) is 0 Å². The second-order valence-electron chi connectivity index (χ2n) is 4.79. The van der Waals surface area contributed by atoms with E-state index in [-0.39, 0.29) is 5.92 Å². The van der Waals surface area contributed by atoms with Crippen molar-refractivity contribution in [3.63, 3.8) is 0 Å². The Balaban J connectivity index is 1.75. The number of para-hydroxylation sites is 2. The Morgan fingerprint density at radius 2 is 2.05 bits per heavy atom. The van der Waals surface area contributed by atoms with Crippen molar-refractivity contribution >= 4 is 11.6 Å². The number of halogens is 1. The third kappa shape index (κ3) is 2.47. The van der Waals surface area contributed by atoms with E-state index in [4.69, 9.17) is 26.8 Å². The van der Waals surface area contributed by atoms with Gasteiger partial charge in [0.15, 0.2) is 0 Å². The summed E-state index contributed by atoms with van der Waals surface area (Å²) >= 11 is 6.18. The Labute approximate surface area is 123 Å². The van der Waals surface area contributed by atoms with E-state index in [0.717, 1.165) is 11.3 Å². The van der Waals surface area contributed by atoms with Crippen molar-refractivity contribution < 1.29 is 9.47 Å². The molecule has 20 heavy (non-hydrogen) atoms. The van der Waals surface area contributed by atoms with Crippen LogP contribution >= 0.6 is 11.6 Å². The quantitative estimate of drug-likeness (QED) is 0.939. The van der Waals surface area contributed by atoms with E-state index in [0.29, 0.717) is 30.5 Å². The molecule has 0 saturated heterocycles. The molecule has 2 N–H and O–H groups in total. The molecule has 0 radical (unpaired) electrons. The maximum Gasteiger partial charge on any atom is 0.142 e. The maximum absolute atomic E-state index is 6.18. The summed E-state index contributed by atoms with van der Waals surface area (Å²) < 4.78 is 11.6. The van der Waals surface area contributed by atoms with E-state index in [1.807, 2.05) is 36.4 Å². The predicted molar refractivity (Wildman–Crippen MR) is 79.5 cm³/mol. The Kier molecular flexibility index (Phi) is 3.81. The van der Waals surface area contributed by atoms with Gasteiger partial charge in [-0.05, 0) is 12.1 Å². The lowest BCUT2D eigenvalue weighted by Crippen LogP contribution is -2.13. The Hall–Kier alpha value is -1.71. The molecule has 3 nitrogen and oxygen atoms in total. The molecule has 0 saturated carbocycles. The second kappa shape index (κ2) is 5.73. The highest BCUT2D eigenvalue weighted by Gasteiger charge is 2.24. The smallest absolute Gasteiger partial charge is 0.142 e. The molecular weight excluding hydrogens is 274 g/mol. The molecule has 0 aromatic heterocycles. The highest BCUT2D eigenvalue weighted by Crippen LogP contribution is 2.35. The van der Waals surface area contributed by atoms with Crippen LogP contribution in [0.5, 0.6) is 11.5 Å². The molecule has 2 aromatic rings. The summed E-state index contributed by atoms with van der Waals surface area (Å²) in [5, 5.41) is 0.597. The van der Waals surface area contributed by atoms with Crippen molar-refractivity contribution in [2.45, 2.75) is 12.5 Å². The lowest BCUT2D eigenvalue weighted by Gasteiger charge is -2.15. The van der Waals surface area contributed by atoms with Gasteiger partial charge in [-0.25, -0.2) is 0 Å². The van der Waals surface area contributed by atoms with Crippen molar-refractivity contribution in [3.8, 4) is 11.5 Å². The number of benzene rings is 2. The highest BCUT2D eigenvalue weighted by molar-refractivity contribution is 6.32. The number of ether oxygens (including phenoxy) is 2. The van der Waals surface area contributed by atoms with Crippen molar-refractivity contribution in [1.82, 2.24) is 0 Å². The summed E-state index contributed by atoms with van der Waals surface area (Å²) in [4.78, 5) is 0. The van der Waals surface area contributed by atoms with Gasteiger partial charge < -0.3 is 15.2 Å². The third-order valence-electron chi connectivity index (χ3n) is 3.50. The summed E-state index contributed by atoms with van der Waals surface area (Å²) in [6.07, 6.45) is 0. The highest BCUT2D eigenvalue weighted by atomic mass is 35.5. The molecule has 1 aliphatic heterocycles. The van der Waals surface area contributed by atoms with Gasteiger partial charge in [0.1, 0.15) is 11.5 Å². The maximum atomic E-state index is 6.18. The van der Waals surface area contributed by atoms with E-state index >= 15 is 0 Å². The summed E-state index contributed by atoms with van der Waals surface area (Å²) in [7, 11) is 0. The molecule has 1 unspecified atom stereocenters. The minimum atomic E-state index is 0.230. The molecule has 4 heteroatoms.